The lowest BCUT2D eigenvalue weighted by Gasteiger charge is -2.08. The lowest BCUT2D eigenvalue weighted by atomic mass is 10.1. The summed E-state index contributed by atoms with van der Waals surface area (Å²) >= 11 is 0. The van der Waals surface area contributed by atoms with Gasteiger partial charge in [0.1, 0.15) is 17.9 Å². The molecule has 0 N–H and O–H groups in total. The van der Waals surface area contributed by atoms with Crippen LogP contribution in [0.5, 0.6) is 5.75 Å². The Morgan fingerprint density at radius 3 is 2.61 bits per heavy atom. The van der Waals surface area contributed by atoms with Crippen LogP contribution >= 0.6 is 0 Å². The van der Waals surface area contributed by atoms with Gasteiger partial charge in [0.2, 0.25) is 0 Å². The summed E-state index contributed by atoms with van der Waals surface area (Å²) in [5.74, 6) is -0.0638. The van der Waals surface area contributed by atoms with Gasteiger partial charge in [-0.1, -0.05) is 0 Å². The standard InChI is InChI=1S/C16H15N3O4/c1-3-23-16(21)13-10-14(18-19(9-8-17)15(13)20)11-4-6-12(22-2)7-5-11/h4-7,10H,3,9H2,1-2H3. The van der Waals surface area contributed by atoms with E-state index >= 15 is 0 Å². The predicted molar refractivity (Wildman–Crippen MR) is 82.1 cm³/mol. The van der Waals surface area contributed by atoms with E-state index < -0.39 is 11.5 Å². The minimum Gasteiger partial charge on any atom is -0.497 e. The molecule has 0 aliphatic heterocycles. The smallest absolute Gasteiger partial charge is 0.343 e. The Bertz CT molecular complexity index is 804. The molecule has 0 saturated carbocycles. The molecule has 0 aliphatic carbocycles. The van der Waals surface area contributed by atoms with Crippen LogP contribution < -0.4 is 10.3 Å². The molecule has 0 bridgehead atoms. The van der Waals surface area contributed by atoms with E-state index in [2.05, 4.69) is 5.10 Å². The topological polar surface area (TPSA) is 94.2 Å². The average Bonchev–Trinajstić information content (AvgIpc) is 2.57. The SMILES string of the molecule is CCOC(=O)c1cc(-c2ccc(OC)cc2)nn(CC#N)c1=O. The van der Waals surface area contributed by atoms with Crippen molar-refractivity contribution in [2.45, 2.75) is 13.5 Å². The van der Waals surface area contributed by atoms with Gasteiger partial charge in [-0.3, -0.25) is 4.79 Å². The largest absolute Gasteiger partial charge is 0.497 e. The van der Waals surface area contributed by atoms with Crippen LogP contribution in [0.2, 0.25) is 0 Å². The summed E-state index contributed by atoms with van der Waals surface area (Å²) in [6.45, 7) is 1.54. The second-order valence-corrected chi connectivity index (χ2v) is 4.51. The highest BCUT2D eigenvalue weighted by molar-refractivity contribution is 5.90. The quantitative estimate of drug-likeness (QED) is 0.779. The zero-order valence-electron chi connectivity index (χ0n) is 12.8. The summed E-state index contributed by atoms with van der Waals surface area (Å²) in [5, 5.41) is 12.9. The van der Waals surface area contributed by atoms with Gasteiger partial charge in [0.25, 0.3) is 5.56 Å². The number of hydrogen-bond donors (Lipinski definition) is 0. The summed E-state index contributed by atoms with van der Waals surface area (Å²) in [6, 6.07) is 10.2. The van der Waals surface area contributed by atoms with Gasteiger partial charge < -0.3 is 9.47 Å². The molecular formula is C16H15N3O4. The minimum atomic E-state index is -0.735. The van der Waals surface area contributed by atoms with Crippen molar-refractivity contribution in [1.82, 2.24) is 9.78 Å². The number of nitriles is 1. The van der Waals surface area contributed by atoms with Gasteiger partial charge >= 0.3 is 5.97 Å². The number of hydrogen-bond acceptors (Lipinski definition) is 6. The fourth-order valence-corrected chi connectivity index (χ4v) is 1.97. The van der Waals surface area contributed by atoms with Gasteiger partial charge in [-0.05, 0) is 37.3 Å². The number of aromatic nitrogens is 2. The fourth-order valence-electron chi connectivity index (χ4n) is 1.97. The average molecular weight is 313 g/mol. The Hall–Kier alpha value is -3.14. The molecule has 118 valence electrons. The predicted octanol–water partition coefficient (Wildman–Crippen LogP) is 1.62. The van der Waals surface area contributed by atoms with E-state index in [1.54, 1.807) is 38.3 Å². The van der Waals surface area contributed by atoms with E-state index in [9.17, 15) is 9.59 Å². The number of carbonyl (C=O) groups is 1. The first-order valence-corrected chi connectivity index (χ1v) is 6.91. The second-order valence-electron chi connectivity index (χ2n) is 4.51. The van der Waals surface area contributed by atoms with Crippen molar-refractivity contribution < 1.29 is 14.3 Å². The molecule has 0 radical (unpaired) electrons. The summed E-state index contributed by atoms with van der Waals surface area (Å²) in [5.41, 5.74) is 0.277. The van der Waals surface area contributed by atoms with Crippen molar-refractivity contribution in [2.75, 3.05) is 13.7 Å². The normalized spacial score (nSPS) is 9.96. The Morgan fingerprint density at radius 1 is 1.35 bits per heavy atom. The van der Waals surface area contributed by atoms with Crippen LogP contribution in [0.3, 0.4) is 0 Å². The van der Waals surface area contributed by atoms with Gasteiger partial charge in [0, 0.05) is 5.56 Å². The third-order valence-electron chi connectivity index (χ3n) is 3.08. The molecule has 23 heavy (non-hydrogen) atoms. The van der Waals surface area contributed by atoms with Gasteiger partial charge in [0.05, 0.1) is 25.5 Å². The third-order valence-corrected chi connectivity index (χ3v) is 3.08. The lowest BCUT2D eigenvalue weighted by molar-refractivity contribution is 0.0523. The van der Waals surface area contributed by atoms with Crippen LogP contribution in [0.15, 0.2) is 35.1 Å². The highest BCUT2D eigenvalue weighted by atomic mass is 16.5. The molecule has 0 fully saturated rings. The number of ether oxygens (including phenoxy) is 2. The van der Waals surface area contributed by atoms with Crippen LogP contribution in [0, 0.1) is 11.3 Å². The first-order valence-electron chi connectivity index (χ1n) is 6.91. The van der Waals surface area contributed by atoms with E-state index in [1.807, 2.05) is 6.07 Å². The number of benzene rings is 1. The van der Waals surface area contributed by atoms with Gasteiger partial charge in [-0.25, -0.2) is 9.48 Å². The van der Waals surface area contributed by atoms with E-state index in [0.717, 1.165) is 4.68 Å². The molecule has 7 heteroatoms. The zero-order valence-corrected chi connectivity index (χ0v) is 12.8. The van der Waals surface area contributed by atoms with Gasteiger partial charge in [-0.15, -0.1) is 0 Å². The highest BCUT2D eigenvalue weighted by Gasteiger charge is 2.17. The summed E-state index contributed by atoms with van der Waals surface area (Å²) in [6.07, 6.45) is 0. The fraction of sp³-hybridized carbons (Fsp3) is 0.250. The number of carbonyl (C=O) groups excluding carboxylic acids is 1. The monoisotopic (exact) mass is 313 g/mol. The number of rotatable bonds is 5. The number of methoxy groups -OCH3 is 1. The van der Waals surface area contributed by atoms with Crippen molar-refractivity contribution in [3.8, 4) is 23.1 Å². The Morgan fingerprint density at radius 2 is 2.04 bits per heavy atom. The van der Waals surface area contributed by atoms with Crippen LogP contribution in [-0.4, -0.2) is 29.5 Å². The van der Waals surface area contributed by atoms with Crippen LogP contribution in [0.1, 0.15) is 17.3 Å². The molecular weight excluding hydrogens is 298 g/mol. The van der Waals surface area contributed by atoms with E-state index in [4.69, 9.17) is 14.7 Å². The first kappa shape index (κ1) is 16.2. The Balaban J connectivity index is 2.56. The van der Waals surface area contributed by atoms with Gasteiger partial charge in [0.15, 0.2) is 0 Å². The van der Waals surface area contributed by atoms with Crippen LogP contribution in [-0.2, 0) is 11.3 Å². The molecule has 0 saturated heterocycles. The number of esters is 1. The van der Waals surface area contributed by atoms with Crippen molar-refractivity contribution in [3.05, 3.63) is 46.2 Å². The van der Waals surface area contributed by atoms with Gasteiger partial charge in [-0.2, -0.15) is 10.4 Å². The Kier molecular flexibility index (Phi) is 5.10. The first-order chi connectivity index (χ1) is 11.1. The molecule has 0 aliphatic rings. The van der Waals surface area contributed by atoms with Crippen LogP contribution in [0.25, 0.3) is 11.3 Å². The van der Waals surface area contributed by atoms with E-state index in [-0.39, 0.29) is 18.7 Å². The molecule has 2 aromatic rings. The summed E-state index contributed by atoms with van der Waals surface area (Å²) < 4.78 is 10.9. The minimum absolute atomic E-state index is 0.150. The molecule has 0 spiro atoms. The maximum Gasteiger partial charge on any atom is 0.343 e. The van der Waals surface area contributed by atoms with Crippen molar-refractivity contribution >= 4 is 5.97 Å². The third kappa shape index (κ3) is 3.55. The zero-order chi connectivity index (χ0) is 16.8. The molecule has 1 aromatic carbocycles. The molecule has 1 heterocycles. The van der Waals surface area contributed by atoms with Crippen molar-refractivity contribution in [2.24, 2.45) is 0 Å². The number of nitrogens with zero attached hydrogens (tertiary/aromatic N) is 3. The molecule has 0 unspecified atom stereocenters. The van der Waals surface area contributed by atoms with Crippen molar-refractivity contribution in [1.29, 1.82) is 5.26 Å². The van der Waals surface area contributed by atoms with Crippen LogP contribution in [0.4, 0.5) is 0 Å². The summed E-state index contributed by atoms with van der Waals surface area (Å²) in [4.78, 5) is 24.1. The maximum absolute atomic E-state index is 12.2. The highest BCUT2D eigenvalue weighted by Crippen LogP contribution is 2.20. The van der Waals surface area contributed by atoms with E-state index in [1.165, 1.54) is 6.07 Å². The Labute approximate surface area is 132 Å². The molecule has 2 rings (SSSR count). The lowest BCUT2D eigenvalue weighted by Crippen LogP contribution is -2.29. The molecule has 0 amide bonds. The van der Waals surface area contributed by atoms with Crippen molar-refractivity contribution in [3.63, 3.8) is 0 Å². The maximum atomic E-state index is 12.2. The molecule has 0 atom stereocenters. The van der Waals surface area contributed by atoms with E-state index in [0.29, 0.717) is 17.0 Å². The summed E-state index contributed by atoms with van der Waals surface area (Å²) in [7, 11) is 1.55. The molecule has 1 aromatic heterocycles. The second kappa shape index (κ2) is 7.22. The molecule has 7 nitrogen and oxygen atoms in total.